The summed E-state index contributed by atoms with van der Waals surface area (Å²) < 4.78 is 11.5. The number of benzene rings is 2. The fraction of sp³-hybridized carbons (Fsp3) is 0.238. The van der Waals surface area contributed by atoms with E-state index in [4.69, 9.17) is 9.47 Å². The predicted octanol–water partition coefficient (Wildman–Crippen LogP) is 3.53. The Morgan fingerprint density at radius 2 is 1.89 bits per heavy atom. The number of carbonyl (C=O) groups excluding carboxylic acids is 1. The van der Waals surface area contributed by atoms with Gasteiger partial charge in [-0.15, -0.1) is 0 Å². The maximum absolute atomic E-state index is 11.3. The molecule has 0 saturated heterocycles. The van der Waals surface area contributed by atoms with Crippen LogP contribution in [0.1, 0.15) is 30.5 Å². The van der Waals surface area contributed by atoms with Crippen molar-refractivity contribution in [3.8, 4) is 11.5 Å². The number of aliphatic carboxylic acids is 1. The van der Waals surface area contributed by atoms with Crippen molar-refractivity contribution in [1.82, 2.24) is 5.32 Å². The number of ether oxygens (including phenoxy) is 2. The van der Waals surface area contributed by atoms with Gasteiger partial charge in [-0.25, -0.2) is 4.79 Å². The highest BCUT2D eigenvalue weighted by Crippen LogP contribution is 2.30. The van der Waals surface area contributed by atoms with Gasteiger partial charge in [-0.05, 0) is 43.2 Å². The Balaban J connectivity index is 2.24. The molecule has 2 N–H and O–H groups in total. The topological polar surface area (TPSA) is 84.9 Å². The first-order valence-corrected chi connectivity index (χ1v) is 8.56. The zero-order valence-corrected chi connectivity index (χ0v) is 15.6. The van der Waals surface area contributed by atoms with Gasteiger partial charge in [0, 0.05) is 6.92 Å². The first-order chi connectivity index (χ1) is 12.9. The van der Waals surface area contributed by atoms with Gasteiger partial charge in [-0.2, -0.15) is 0 Å². The van der Waals surface area contributed by atoms with Crippen LogP contribution in [-0.2, 0) is 16.2 Å². The van der Waals surface area contributed by atoms with Crippen LogP contribution in [0.5, 0.6) is 11.5 Å². The maximum atomic E-state index is 11.3. The minimum Gasteiger partial charge on any atom is -0.490 e. The lowest BCUT2D eigenvalue weighted by Crippen LogP contribution is -2.24. The van der Waals surface area contributed by atoms with Gasteiger partial charge in [0.2, 0.25) is 5.91 Å². The van der Waals surface area contributed by atoms with E-state index < -0.39 is 11.9 Å². The SMILES string of the molecule is CCOc1cc(C=C(NC(C)=O)C(=O)O)ccc1OCc1cccc(C)c1. The first-order valence-electron chi connectivity index (χ1n) is 8.56. The van der Waals surface area contributed by atoms with Crippen LogP contribution >= 0.6 is 0 Å². The molecule has 0 aliphatic rings. The number of hydrogen-bond acceptors (Lipinski definition) is 4. The summed E-state index contributed by atoms with van der Waals surface area (Å²) in [7, 11) is 0. The minimum atomic E-state index is -1.22. The van der Waals surface area contributed by atoms with Crippen molar-refractivity contribution in [3.05, 3.63) is 64.9 Å². The molecule has 2 rings (SSSR count). The van der Waals surface area contributed by atoms with Gasteiger partial charge in [0.05, 0.1) is 6.61 Å². The van der Waals surface area contributed by atoms with E-state index in [1.54, 1.807) is 18.2 Å². The van der Waals surface area contributed by atoms with Gasteiger partial charge >= 0.3 is 5.97 Å². The number of amides is 1. The largest absolute Gasteiger partial charge is 0.490 e. The molecule has 1 amide bonds. The molecule has 0 unspecified atom stereocenters. The second kappa shape index (κ2) is 9.43. The van der Waals surface area contributed by atoms with Crippen LogP contribution in [0.2, 0.25) is 0 Å². The Labute approximate surface area is 158 Å². The molecule has 0 aliphatic carbocycles. The number of carboxylic acid groups (broad SMARTS) is 1. The number of carbonyl (C=O) groups is 2. The molecular weight excluding hydrogens is 346 g/mol. The molecule has 0 saturated carbocycles. The number of rotatable bonds is 8. The summed E-state index contributed by atoms with van der Waals surface area (Å²) in [5.74, 6) is -0.604. The molecule has 0 bridgehead atoms. The Morgan fingerprint density at radius 1 is 1.11 bits per heavy atom. The van der Waals surface area contributed by atoms with E-state index in [0.29, 0.717) is 30.3 Å². The van der Waals surface area contributed by atoms with Crippen LogP contribution in [0.3, 0.4) is 0 Å². The van der Waals surface area contributed by atoms with Crippen LogP contribution in [0.4, 0.5) is 0 Å². The molecule has 6 heteroatoms. The average molecular weight is 369 g/mol. The van der Waals surface area contributed by atoms with Crippen molar-refractivity contribution >= 4 is 18.0 Å². The lowest BCUT2D eigenvalue weighted by molar-refractivity contribution is -0.134. The number of nitrogens with one attached hydrogen (secondary N) is 1. The van der Waals surface area contributed by atoms with Crippen molar-refractivity contribution in [2.45, 2.75) is 27.4 Å². The van der Waals surface area contributed by atoms with Crippen molar-refractivity contribution < 1.29 is 24.2 Å². The zero-order valence-electron chi connectivity index (χ0n) is 15.6. The van der Waals surface area contributed by atoms with Gasteiger partial charge in [-0.3, -0.25) is 4.79 Å². The fourth-order valence-electron chi connectivity index (χ4n) is 2.47. The molecule has 0 fully saturated rings. The third kappa shape index (κ3) is 6.18. The highest BCUT2D eigenvalue weighted by atomic mass is 16.5. The van der Waals surface area contributed by atoms with Crippen LogP contribution in [0.25, 0.3) is 6.08 Å². The van der Waals surface area contributed by atoms with Gasteiger partial charge in [0.1, 0.15) is 12.3 Å². The van der Waals surface area contributed by atoms with Gasteiger partial charge < -0.3 is 19.9 Å². The van der Waals surface area contributed by atoms with E-state index in [1.807, 2.05) is 38.1 Å². The monoisotopic (exact) mass is 369 g/mol. The minimum absolute atomic E-state index is 0.210. The van der Waals surface area contributed by atoms with Crippen molar-refractivity contribution in [3.63, 3.8) is 0 Å². The predicted molar refractivity (Wildman–Crippen MR) is 103 cm³/mol. The second-order valence-corrected chi connectivity index (χ2v) is 5.96. The molecule has 2 aromatic rings. The molecule has 0 aliphatic heterocycles. The summed E-state index contributed by atoms with van der Waals surface area (Å²) in [5, 5.41) is 11.5. The molecule has 0 atom stereocenters. The lowest BCUT2D eigenvalue weighted by Gasteiger charge is -2.13. The molecule has 6 nitrogen and oxygen atoms in total. The van der Waals surface area contributed by atoms with E-state index in [9.17, 15) is 14.7 Å². The Bertz CT molecular complexity index is 857. The van der Waals surface area contributed by atoms with Gasteiger partial charge in [-0.1, -0.05) is 35.9 Å². The van der Waals surface area contributed by atoms with Crippen LogP contribution < -0.4 is 14.8 Å². The highest BCUT2D eigenvalue weighted by molar-refractivity contribution is 5.96. The summed E-state index contributed by atoms with van der Waals surface area (Å²) in [4.78, 5) is 22.4. The van der Waals surface area contributed by atoms with Crippen molar-refractivity contribution in [2.24, 2.45) is 0 Å². The van der Waals surface area contributed by atoms with Crippen LogP contribution in [-0.4, -0.2) is 23.6 Å². The molecule has 0 radical (unpaired) electrons. The summed E-state index contributed by atoms with van der Waals surface area (Å²) in [5.41, 5.74) is 2.56. The van der Waals surface area contributed by atoms with E-state index in [1.165, 1.54) is 13.0 Å². The molecule has 27 heavy (non-hydrogen) atoms. The van der Waals surface area contributed by atoms with Crippen molar-refractivity contribution in [1.29, 1.82) is 0 Å². The normalized spacial score (nSPS) is 11.0. The number of hydrogen-bond donors (Lipinski definition) is 2. The lowest BCUT2D eigenvalue weighted by atomic mass is 10.1. The second-order valence-electron chi connectivity index (χ2n) is 5.96. The molecule has 142 valence electrons. The molecular formula is C21H23NO5. The summed E-state index contributed by atoms with van der Waals surface area (Å²) in [6.07, 6.45) is 1.37. The molecule has 0 spiro atoms. The van der Waals surface area contributed by atoms with Gasteiger partial charge in [0.25, 0.3) is 0 Å². The number of carboxylic acids is 1. The van der Waals surface area contributed by atoms with E-state index in [-0.39, 0.29) is 5.70 Å². The average Bonchev–Trinajstić information content (AvgIpc) is 2.60. The Hall–Kier alpha value is -3.28. The third-order valence-electron chi connectivity index (χ3n) is 3.60. The summed E-state index contributed by atoms with van der Waals surface area (Å²) >= 11 is 0. The molecule has 0 aromatic heterocycles. The standard InChI is InChI=1S/C21H23NO5/c1-4-26-20-12-16(11-18(21(24)25)22-15(3)23)8-9-19(20)27-13-17-7-5-6-14(2)10-17/h5-12H,4,13H2,1-3H3,(H,22,23)(H,24,25). The Kier molecular flexibility index (Phi) is 7.00. The smallest absolute Gasteiger partial charge is 0.352 e. The number of aryl methyl sites for hydroxylation is 1. The summed E-state index contributed by atoms with van der Waals surface area (Å²) in [6.45, 7) is 5.96. The van der Waals surface area contributed by atoms with E-state index in [2.05, 4.69) is 5.32 Å². The first kappa shape index (κ1) is 20.0. The third-order valence-corrected chi connectivity index (χ3v) is 3.60. The van der Waals surface area contributed by atoms with Crippen LogP contribution in [0, 0.1) is 6.92 Å². The maximum Gasteiger partial charge on any atom is 0.352 e. The van der Waals surface area contributed by atoms with Gasteiger partial charge in [0.15, 0.2) is 11.5 Å². The zero-order chi connectivity index (χ0) is 19.8. The van der Waals surface area contributed by atoms with E-state index >= 15 is 0 Å². The fourth-order valence-corrected chi connectivity index (χ4v) is 2.47. The van der Waals surface area contributed by atoms with Crippen LogP contribution in [0.15, 0.2) is 48.2 Å². The molecule has 2 aromatic carbocycles. The van der Waals surface area contributed by atoms with Crippen molar-refractivity contribution in [2.75, 3.05) is 6.61 Å². The Morgan fingerprint density at radius 3 is 2.52 bits per heavy atom. The molecule has 0 heterocycles. The quantitative estimate of drug-likeness (QED) is 0.695. The highest BCUT2D eigenvalue weighted by Gasteiger charge is 2.11. The summed E-state index contributed by atoms with van der Waals surface area (Å²) in [6, 6.07) is 13.1. The van der Waals surface area contributed by atoms with E-state index in [0.717, 1.165) is 11.1 Å².